The van der Waals surface area contributed by atoms with Crippen LogP contribution in [0.15, 0.2) is 24.4 Å². The van der Waals surface area contributed by atoms with Crippen LogP contribution >= 0.6 is 0 Å². The lowest BCUT2D eigenvalue weighted by molar-refractivity contribution is -0.153. The number of nitrogen functional groups attached to an aromatic ring is 1. The smallest absolute Gasteiger partial charge is 0.339 e. The molecule has 0 bridgehead atoms. The summed E-state index contributed by atoms with van der Waals surface area (Å²) in [5.41, 5.74) is 7.10. The number of fused-ring (bicyclic) bond motifs is 1. The fraction of sp³-hybridized carbons (Fsp3) is 0.250. The Hall–Kier alpha value is -2.21. The van der Waals surface area contributed by atoms with Crippen molar-refractivity contribution in [2.45, 2.75) is 13.0 Å². The first-order valence-electron chi connectivity index (χ1n) is 5.48. The van der Waals surface area contributed by atoms with Crippen LogP contribution in [0.3, 0.4) is 0 Å². The molecule has 0 saturated heterocycles. The van der Waals surface area contributed by atoms with Crippen LogP contribution < -0.4 is 5.73 Å². The van der Waals surface area contributed by atoms with Gasteiger partial charge in [-0.15, -0.1) is 0 Å². The van der Waals surface area contributed by atoms with Gasteiger partial charge in [0.15, 0.2) is 6.10 Å². The number of hydrogen-bond donors (Lipinski definition) is 2. The Balaban J connectivity index is 2.35. The molecule has 0 radical (unpaired) electrons. The predicted molar refractivity (Wildman–Crippen MR) is 65.5 cm³/mol. The molecule has 0 fully saturated rings. The van der Waals surface area contributed by atoms with Crippen molar-refractivity contribution in [1.29, 1.82) is 0 Å². The Morgan fingerprint density at radius 2 is 2.28 bits per heavy atom. The molecular formula is C12H13N3O3. The van der Waals surface area contributed by atoms with E-state index < -0.39 is 12.1 Å². The van der Waals surface area contributed by atoms with Crippen LogP contribution in [0.5, 0.6) is 0 Å². The summed E-state index contributed by atoms with van der Waals surface area (Å²) in [5, 5.41) is 9.79. The molecular weight excluding hydrogens is 234 g/mol. The van der Waals surface area contributed by atoms with Crippen molar-refractivity contribution in [1.82, 2.24) is 9.97 Å². The topological polar surface area (TPSA) is 98.3 Å². The summed E-state index contributed by atoms with van der Waals surface area (Å²) in [6.07, 6.45) is 0.108. The first kappa shape index (κ1) is 12.3. The molecule has 2 rings (SSSR count). The molecule has 2 aromatic rings. The van der Waals surface area contributed by atoms with Gasteiger partial charge in [0, 0.05) is 0 Å². The van der Waals surface area contributed by atoms with E-state index in [0.29, 0.717) is 22.4 Å². The third-order valence-corrected chi connectivity index (χ3v) is 2.41. The van der Waals surface area contributed by atoms with Crippen LogP contribution in [0.1, 0.15) is 18.6 Å². The van der Waals surface area contributed by atoms with E-state index in [0.717, 1.165) is 0 Å². The number of hydrogen-bond acceptors (Lipinski definition) is 6. The fourth-order valence-electron chi connectivity index (χ4n) is 1.57. The van der Waals surface area contributed by atoms with Crippen LogP contribution in [-0.2, 0) is 9.53 Å². The molecule has 6 nitrogen and oxygen atoms in total. The number of nitrogens with two attached hydrogens (primary N) is 1. The van der Waals surface area contributed by atoms with Gasteiger partial charge in [-0.1, -0.05) is 6.07 Å². The molecule has 1 unspecified atom stereocenters. The minimum atomic E-state index is -1.31. The summed E-state index contributed by atoms with van der Waals surface area (Å²) < 4.78 is 4.74. The Morgan fingerprint density at radius 1 is 1.50 bits per heavy atom. The number of anilines is 1. The van der Waals surface area contributed by atoms with Crippen LogP contribution in [0.4, 0.5) is 5.82 Å². The molecule has 0 amide bonds. The average molecular weight is 247 g/mol. The normalized spacial score (nSPS) is 12.3. The van der Waals surface area contributed by atoms with Gasteiger partial charge in [0.1, 0.15) is 5.82 Å². The van der Waals surface area contributed by atoms with Gasteiger partial charge in [-0.3, -0.25) is 4.98 Å². The molecule has 3 N–H and O–H groups in total. The van der Waals surface area contributed by atoms with Gasteiger partial charge >= 0.3 is 5.97 Å². The standard InChI is InChI=1S/C12H13N3O3/c1-2-18-12(17)11(16)7-3-4-8-9(5-7)14-6-10(13)15-8/h3-6,11,16H,2H2,1H3,(H2,13,15). The van der Waals surface area contributed by atoms with E-state index in [9.17, 15) is 9.90 Å². The number of benzene rings is 1. The number of aromatic nitrogens is 2. The molecule has 94 valence electrons. The second kappa shape index (κ2) is 4.97. The van der Waals surface area contributed by atoms with Crippen molar-refractivity contribution < 1.29 is 14.6 Å². The summed E-state index contributed by atoms with van der Waals surface area (Å²) in [6.45, 7) is 1.90. The highest BCUT2D eigenvalue weighted by atomic mass is 16.5. The molecule has 0 aliphatic carbocycles. The fourth-order valence-corrected chi connectivity index (χ4v) is 1.57. The van der Waals surface area contributed by atoms with Gasteiger partial charge in [0.25, 0.3) is 0 Å². The van der Waals surface area contributed by atoms with E-state index >= 15 is 0 Å². The summed E-state index contributed by atoms with van der Waals surface area (Å²) >= 11 is 0. The molecule has 18 heavy (non-hydrogen) atoms. The number of rotatable bonds is 3. The minimum absolute atomic E-state index is 0.222. The van der Waals surface area contributed by atoms with Crippen molar-refractivity contribution in [2.75, 3.05) is 12.3 Å². The van der Waals surface area contributed by atoms with Crippen molar-refractivity contribution in [2.24, 2.45) is 0 Å². The molecule has 1 aromatic carbocycles. The van der Waals surface area contributed by atoms with E-state index in [1.807, 2.05) is 0 Å². The molecule has 6 heteroatoms. The number of aliphatic hydroxyl groups excluding tert-OH is 1. The number of carbonyl (C=O) groups is 1. The summed E-state index contributed by atoms with van der Waals surface area (Å²) in [4.78, 5) is 19.6. The van der Waals surface area contributed by atoms with Gasteiger partial charge in [0.05, 0.1) is 23.8 Å². The van der Waals surface area contributed by atoms with Crippen molar-refractivity contribution >= 4 is 22.8 Å². The van der Waals surface area contributed by atoms with E-state index in [-0.39, 0.29) is 6.61 Å². The lowest BCUT2D eigenvalue weighted by atomic mass is 10.1. The summed E-state index contributed by atoms with van der Waals surface area (Å²) in [7, 11) is 0. The highest BCUT2D eigenvalue weighted by Gasteiger charge is 2.19. The Kier molecular flexibility index (Phi) is 3.38. The van der Waals surface area contributed by atoms with Crippen LogP contribution in [0.25, 0.3) is 11.0 Å². The first-order chi connectivity index (χ1) is 8.61. The van der Waals surface area contributed by atoms with Gasteiger partial charge < -0.3 is 15.6 Å². The van der Waals surface area contributed by atoms with Crippen LogP contribution in [-0.4, -0.2) is 27.7 Å². The largest absolute Gasteiger partial charge is 0.464 e. The Labute approximate surface area is 103 Å². The number of ether oxygens (including phenoxy) is 1. The lowest BCUT2D eigenvalue weighted by Gasteiger charge is -2.10. The first-order valence-corrected chi connectivity index (χ1v) is 5.48. The van der Waals surface area contributed by atoms with E-state index in [1.54, 1.807) is 25.1 Å². The molecule has 0 spiro atoms. The highest BCUT2D eigenvalue weighted by Crippen LogP contribution is 2.19. The van der Waals surface area contributed by atoms with E-state index in [4.69, 9.17) is 10.5 Å². The van der Waals surface area contributed by atoms with Crippen molar-refractivity contribution in [3.8, 4) is 0 Å². The third-order valence-electron chi connectivity index (χ3n) is 2.41. The zero-order chi connectivity index (χ0) is 13.1. The zero-order valence-electron chi connectivity index (χ0n) is 9.83. The Bertz CT molecular complexity index is 586. The molecule has 1 aromatic heterocycles. The van der Waals surface area contributed by atoms with Gasteiger partial charge in [-0.2, -0.15) is 0 Å². The average Bonchev–Trinajstić information content (AvgIpc) is 2.37. The van der Waals surface area contributed by atoms with Crippen molar-refractivity contribution in [3.63, 3.8) is 0 Å². The maximum absolute atomic E-state index is 11.4. The van der Waals surface area contributed by atoms with Gasteiger partial charge in [-0.05, 0) is 24.6 Å². The zero-order valence-corrected chi connectivity index (χ0v) is 9.83. The van der Waals surface area contributed by atoms with Gasteiger partial charge in [0.2, 0.25) is 0 Å². The van der Waals surface area contributed by atoms with Gasteiger partial charge in [-0.25, -0.2) is 9.78 Å². The number of nitrogens with zero attached hydrogens (tertiary/aromatic N) is 2. The highest BCUT2D eigenvalue weighted by molar-refractivity contribution is 5.80. The SMILES string of the molecule is CCOC(=O)C(O)c1ccc2nc(N)cnc2c1. The maximum Gasteiger partial charge on any atom is 0.339 e. The molecule has 0 aliphatic rings. The maximum atomic E-state index is 11.4. The molecule has 1 heterocycles. The minimum Gasteiger partial charge on any atom is -0.464 e. The quantitative estimate of drug-likeness (QED) is 0.779. The second-order valence-corrected chi connectivity index (χ2v) is 3.70. The summed E-state index contributed by atoms with van der Waals surface area (Å²) in [6, 6.07) is 4.83. The molecule has 0 aliphatic heterocycles. The Morgan fingerprint density at radius 3 is 3.00 bits per heavy atom. The summed E-state index contributed by atoms with van der Waals surface area (Å²) in [5.74, 6) is -0.360. The number of aliphatic hydroxyl groups is 1. The van der Waals surface area contributed by atoms with Crippen molar-refractivity contribution in [3.05, 3.63) is 30.0 Å². The predicted octanol–water partition coefficient (Wildman–Crippen LogP) is 0.809. The van der Waals surface area contributed by atoms with Crippen LogP contribution in [0, 0.1) is 0 Å². The second-order valence-electron chi connectivity index (χ2n) is 3.70. The molecule has 1 atom stereocenters. The van der Waals surface area contributed by atoms with E-state index in [2.05, 4.69) is 9.97 Å². The van der Waals surface area contributed by atoms with E-state index in [1.165, 1.54) is 6.20 Å². The third kappa shape index (κ3) is 2.38. The number of carbonyl (C=O) groups excluding carboxylic acids is 1. The van der Waals surface area contributed by atoms with Crippen LogP contribution in [0.2, 0.25) is 0 Å². The monoisotopic (exact) mass is 247 g/mol. The lowest BCUT2D eigenvalue weighted by Crippen LogP contribution is -2.15. The number of esters is 1. The molecule has 0 saturated carbocycles.